The molecule has 5 rings (SSSR count). The molecule has 0 aromatic heterocycles. The van der Waals surface area contributed by atoms with Crippen molar-refractivity contribution < 1.29 is 76.4 Å². The van der Waals surface area contributed by atoms with Gasteiger partial charge in [0.05, 0.1) is 38.3 Å². The molecule has 0 radical (unpaired) electrons. The van der Waals surface area contributed by atoms with Gasteiger partial charge in [0.15, 0.2) is 11.6 Å². The van der Waals surface area contributed by atoms with Crippen LogP contribution in [-0.2, 0) is 79.0 Å². The van der Waals surface area contributed by atoms with Gasteiger partial charge in [-0.3, -0.25) is 48.1 Å². The summed E-state index contributed by atoms with van der Waals surface area (Å²) in [6, 6.07) is 32.5. The van der Waals surface area contributed by atoms with Crippen molar-refractivity contribution in [1.82, 2.24) is 36.8 Å². The number of carbonyl (C=O) groups excluding carboxylic acids is 11. The maximum absolute atomic E-state index is 14.9. The van der Waals surface area contributed by atoms with Crippen molar-refractivity contribution in [3.05, 3.63) is 150 Å². The van der Waals surface area contributed by atoms with Gasteiger partial charge >= 0.3 is 12.2 Å². The molecule has 0 unspecified atom stereocenters. The number of amides is 9. The lowest BCUT2D eigenvalue weighted by Gasteiger charge is -2.37. The minimum absolute atomic E-state index is 0.0241. The van der Waals surface area contributed by atoms with Gasteiger partial charge in [-0.25, -0.2) is 9.59 Å². The average Bonchev–Trinajstić information content (AvgIpc) is 0.849. The van der Waals surface area contributed by atoms with Crippen molar-refractivity contribution >= 4 is 70.8 Å². The van der Waals surface area contributed by atoms with Gasteiger partial charge in [0.1, 0.15) is 23.9 Å². The number of alkyl carbamates (subject to hydrolysis) is 2. The van der Waals surface area contributed by atoms with Crippen molar-refractivity contribution in [2.24, 2.45) is 17.8 Å². The molecule has 0 fully saturated rings. The number of nitrogens with one attached hydrogen (secondary N) is 7. The number of hydrogen-bond donors (Lipinski definition) is 7. The van der Waals surface area contributed by atoms with E-state index in [0.717, 1.165) is 33.7 Å². The number of ketones is 2. The Bertz CT molecular complexity index is 3040. The number of hydrogen-bond acceptors (Lipinski definition) is 16. The molecule has 94 heavy (non-hydrogen) atoms. The van der Waals surface area contributed by atoms with E-state index in [-0.39, 0.29) is 77.4 Å². The summed E-state index contributed by atoms with van der Waals surface area (Å²) in [6.07, 6.45) is 1.48. The first kappa shape index (κ1) is 75.6. The van der Waals surface area contributed by atoms with Crippen LogP contribution in [0.1, 0.15) is 122 Å². The summed E-state index contributed by atoms with van der Waals surface area (Å²) in [7, 11) is 1.56. The van der Waals surface area contributed by atoms with Crippen LogP contribution in [0.4, 0.5) is 15.3 Å². The topological polar surface area (TPSA) is 321 Å². The largest absolute Gasteiger partial charge is 0.445 e. The standard InChI is InChI=1S/C70H92N8O16/c1-48(2)42-59(77-61(82)32-31-58(75-49(3)79)66(87)71-36-19-39-91-41-40-90-7)60(81)44-52(47-93-70(53-21-11-8-12-22-53,54-23-13-9-14-24-54)55-25-15-10-16-26-55)64(85)74-45-57(80)43-51(20-17-18-35-72-68(89)94-69(4,5)6)65(86)76-56-29-27-50(28-30-56)46-92-67(88)73-37-38-78-62(83)33-34-63(78)84/h8-16,21-30,33-34,48,51-52,58-59H,17-20,31-32,35-47H2,1-7H3,(H,71,87)(H,72,89)(H,73,88)(H,74,85)(H,75,79)(H,76,86)(H,77,82)/t51-,52+,58+,59+/m1/s1. The highest BCUT2D eigenvalue weighted by molar-refractivity contribution is 6.13. The highest BCUT2D eigenvalue weighted by atomic mass is 16.6. The third-order valence-electron chi connectivity index (χ3n) is 14.9. The van der Waals surface area contributed by atoms with Crippen LogP contribution in [0, 0.1) is 17.8 Å². The first-order chi connectivity index (χ1) is 45.0. The summed E-state index contributed by atoms with van der Waals surface area (Å²) in [5.74, 6) is -7.06. The van der Waals surface area contributed by atoms with Gasteiger partial charge in [0.25, 0.3) is 11.8 Å². The van der Waals surface area contributed by atoms with E-state index >= 15 is 0 Å². The Labute approximate surface area is 550 Å². The second-order valence-corrected chi connectivity index (χ2v) is 24.2. The monoisotopic (exact) mass is 1300 g/mol. The van der Waals surface area contributed by atoms with Gasteiger partial charge in [0, 0.05) is 89.8 Å². The van der Waals surface area contributed by atoms with Gasteiger partial charge in [-0.2, -0.15) is 0 Å². The predicted molar refractivity (Wildman–Crippen MR) is 350 cm³/mol. The number of methoxy groups -OCH3 is 1. The van der Waals surface area contributed by atoms with E-state index in [9.17, 15) is 52.7 Å². The normalized spacial score (nSPS) is 13.4. The first-order valence-electron chi connectivity index (χ1n) is 31.8. The zero-order valence-electron chi connectivity index (χ0n) is 54.9. The molecule has 1 aliphatic heterocycles. The van der Waals surface area contributed by atoms with Gasteiger partial charge < -0.3 is 60.9 Å². The molecule has 0 saturated heterocycles. The minimum atomic E-state index is -1.34. The molecule has 4 aromatic rings. The van der Waals surface area contributed by atoms with Crippen LogP contribution in [0.25, 0.3) is 0 Å². The molecule has 7 N–H and O–H groups in total. The number of ether oxygens (including phenoxy) is 5. The molecule has 0 spiro atoms. The van der Waals surface area contributed by atoms with E-state index < -0.39 is 113 Å². The number of Topliss-reactive ketones (excluding diaryl/α,β-unsaturated/α-hetero) is 2. The Balaban J connectivity index is 1.35. The molecule has 1 aliphatic rings. The van der Waals surface area contributed by atoms with Crippen molar-refractivity contribution in [3.8, 4) is 0 Å². The van der Waals surface area contributed by atoms with Gasteiger partial charge in [-0.15, -0.1) is 0 Å². The van der Waals surface area contributed by atoms with Crippen LogP contribution >= 0.6 is 0 Å². The molecule has 0 bridgehead atoms. The Morgan fingerprint density at radius 2 is 1.18 bits per heavy atom. The van der Waals surface area contributed by atoms with Crippen molar-refractivity contribution in [3.63, 3.8) is 0 Å². The van der Waals surface area contributed by atoms with Crippen molar-refractivity contribution in [2.75, 3.05) is 71.6 Å². The Morgan fingerprint density at radius 1 is 0.585 bits per heavy atom. The smallest absolute Gasteiger partial charge is 0.407 e. The number of anilines is 1. The molecule has 9 amide bonds. The first-order valence-corrected chi connectivity index (χ1v) is 31.8. The molecule has 0 aliphatic carbocycles. The van der Waals surface area contributed by atoms with Gasteiger partial charge in [-0.05, 0) is 93.2 Å². The maximum Gasteiger partial charge on any atom is 0.407 e. The summed E-state index contributed by atoms with van der Waals surface area (Å²) in [6.45, 7) is 10.8. The van der Waals surface area contributed by atoms with Crippen LogP contribution in [0.2, 0.25) is 0 Å². The fraction of sp³-hybridized carbons (Fsp3) is 0.471. The van der Waals surface area contributed by atoms with E-state index in [0.29, 0.717) is 50.3 Å². The number of benzene rings is 4. The highest BCUT2D eigenvalue weighted by Gasteiger charge is 2.40. The van der Waals surface area contributed by atoms with E-state index in [4.69, 9.17) is 23.7 Å². The highest BCUT2D eigenvalue weighted by Crippen LogP contribution is 2.41. The zero-order chi connectivity index (χ0) is 68.5. The number of rotatable bonds is 41. The lowest BCUT2D eigenvalue weighted by atomic mass is 9.80. The molecular weight excluding hydrogens is 1210 g/mol. The van der Waals surface area contributed by atoms with Crippen LogP contribution < -0.4 is 37.2 Å². The lowest BCUT2D eigenvalue weighted by molar-refractivity contribution is -0.137. The third-order valence-corrected chi connectivity index (χ3v) is 14.9. The van der Waals surface area contributed by atoms with E-state index in [2.05, 4.69) is 37.2 Å². The quantitative estimate of drug-likeness (QED) is 0.0138. The number of nitrogens with zero attached hydrogens (tertiary/aromatic N) is 1. The van der Waals surface area contributed by atoms with E-state index in [1.54, 1.807) is 52.1 Å². The van der Waals surface area contributed by atoms with Gasteiger partial charge in [0.2, 0.25) is 29.5 Å². The minimum Gasteiger partial charge on any atom is -0.445 e. The SMILES string of the molecule is COCCOCCCNC(=O)[C@H](CCC(=O)N[C@@H](CC(C)C)C(=O)C[C@@H](COC(c1ccccc1)(c1ccccc1)c1ccccc1)C(=O)NCC(=O)C[C@@H](CCCCNC(=O)OC(C)(C)C)C(=O)Nc1ccc(COC(=O)NCCN2C(=O)C=CC2=O)cc1)NC(C)=O. The molecule has 4 atom stereocenters. The summed E-state index contributed by atoms with van der Waals surface area (Å²) in [5.41, 5.74) is 1.03. The molecule has 24 heteroatoms. The van der Waals surface area contributed by atoms with Crippen LogP contribution in [0.3, 0.4) is 0 Å². The van der Waals surface area contributed by atoms with Crippen molar-refractivity contribution in [2.45, 2.75) is 129 Å². The summed E-state index contributed by atoms with van der Waals surface area (Å²) >= 11 is 0. The lowest BCUT2D eigenvalue weighted by Crippen LogP contribution is -2.48. The second kappa shape index (κ2) is 39.4. The third kappa shape index (κ3) is 26.5. The summed E-state index contributed by atoms with van der Waals surface area (Å²) in [4.78, 5) is 147. The summed E-state index contributed by atoms with van der Waals surface area (Å²) in [5, 5.41) is 19.0. The summed E-state index contributed by atoms with van der Waals surface area (Å²) < 4.78 is 28.2. The van der Waals surface area contributed by atoms with Crippen molar-refractivity contribution in [1.29, 1.82) is 0 Å². The van der Waals surface area contributed by atoms with Crippen LogP contribution in [0.15, 0.2) is 127 Å². The van der Waals surface area contributed by atoms with E-state index in [1.807, 2.05) is 105 Å². The maximum atomic E-state index is 14.9. The Morgan fingerprint density at radius 3 is 1.76 bits per heavy atom. The van der Waals surface area contributed by atoms with Crippen LogP contribution in [0.5, 0.6) is 0 Å². The number of carbonyl (C=O) groups is 11. The molecule has 4 aromatic carbocycles. The second-order valence-electron chi connectivity index (χ2n) is 24.2. The molecule has 1 heterocycles. The van der Waals surface area contributed by atoms with E-state index in [1.165, 1.54) is 6.92 Å². The fourth-order valence-corrected chi connectivity index (χ4v) is 10.2. The Hall–Kier alpha value is -9.13. The Kier molecular flexibility index (Phi) is 31.7. The number of imide groups is 1. The molecule has 508 valence electrons. The predicted octanol–water partition coefficient (Wildman–Crippen LogP) is 6.73. The fourth-order valence-electron chi connectivity index (χ4n) is 10.2. The average molecular weight is 1300 g/mol. The molecule has 0 saturated carbocycles. The van der Waals surface area contributed by atoms with Crippen LogP contribution in [-0.4, -0.2) is 154 Å². The molecule has 24 nitrogen and oxygen atoms in total. The molecular formula is C70H92N8O16. The zero-order valence-corrected chi connectivity index (χ0v) is 54.9. The van der Waals surface area contributed by atoms with Gasteiger partial charge in [-0.1, -0.05) is 123 Å². The number of unbranched alkanes of at least 4 members (excludes halogenated alkanes) is 1.